The summed E-state index contributed by atoms with van der Waals surface area (Å²) >= 11 is 0. The van der Waals surface area contributed by atoms with E-state index in [9.17, 15) is 0 Å². The number of hydrogen-bond donors (Lipinski definition) is 2. The monoisotopic (exact) mass is 157 g/mol. The molecule has 63 valence electrons. The van der Waals surface area contributed by atoms with Crippen molar-refractivity contribution < 1.29 is 4.74 Å². The molecule has 0 bridgehead atoms. The van der Waals surface area contributed by atoms with Crippen LogP contribution in [0.15, 0.2) is 0 Å². The number of nitrogens with one attached hydrogen (secondary N) is 1. The zero-order valence-electron chi connectivity index (χ0n) is 6.84. The molecule has 0 aliphatic carbocycles. The standard InChI is InChI=1S/C7H15N3O/c1-11-6-2-4-10(5-3-6)7(8)9/h6H,2-5H2,1H3,(H3,8,9)/q+1. The zero-order valence-corrected chi connectivity index (χ0v) is 6.84. The molecule has 0 spiro atoms. The fraction of sp³-hybridized carbons (Fsp3) is 0.857. The van der Waals surface area contributed by atoms with Crippen LogP contribution in [0, 0.1) is 5.41 Å². The summed E-state index contributed by atoms with van der Waals surface area (Å²) in [5.74, 6) is 0.180. The molecule has 0 amide bonds. The minimum absolute atomic E-state index is 0.180. The highest BCUT2D eigenvalue weighted by molar-refractivity contribution is 5.77. The Morgan fingerprint density at radius 3 is 2.45 bits per heavy atom. The predicted octanol–water partition coefficient (Wildman–Crippen LogP) is -0.171. The van der Waals surface area contributed by atoms with Crippen LogP contribution in [0.1, 0.15) is 12.8 Å². The van der Waals surface area contributed by atoms with Crippen LogP contribution in [0.2, 0.25) is 0 Å². The van der Waals surface area contributed by atoms with E-state index in [4.69, 9.17) is 15.9 Å². The molecule has 3 N–H and O–H groups in total. The van der Waals surface area contributed by atoms with Crippen molar-refractivity contribution in [2.75, 3.05) is 20.2 Å². The molecule has 0 unspecified atom stereocenters. The Morgan fingerprint density at radius 1 is 1.55 bits per heavy atom. The second-order valence-electron chi connectivity index (χ2n) is 2.81. The van der Waals surface area contributed by atoms with E-state index in [0.717, 1.165) is 25.9 Å². The molecule has 1 heterocycles. The molecule has 1 rings (SSSR count). The summed E-state index contributed by atoms with van der Waals surface area (Å²) in [6.07, 6.45) is 2.33. The molecule has 1 saturated heterocycles. The number of piperidine rings is 1. The Balaban J connectivity index is 2.30. The molecule has 0 atom stereocenters. The van der Waals surface area contributed by atoms with Crippen LogP contribution < -0.4 is 10.6 Å². The molecule has 4 nitrogen and oxygen atoms in total. The highest BCUT2D eigenvalue weighted by Crippen LogP contribution is 2.09. The largest absolute Gasteiger partial charge is 0.381 e. The van der Waals surface area contributed by atoms with Crippen LogP contribution in [-0.2, 0) is 4.74 Å². The molecular weight excluding hydrogens is 142 g/mol. The predicted molar refractivity (Wildman–Crippen MR) is 43.8 cm³/mol. The molecule has 0 aromatic heterocycles. The Hall–Kier alpha value is -0.610. The smallest absolute Gasteiger partial charge is 0.341 e. The van der Waals surface area contributed by atoms with Gasteiger partial charge < -0.3 is 10.5 Å². The highest BCUT2D eigenvalue weighted by atomic mass is 16.5. The number of methoxy groups -OCH3 is 1. The van der Waals surface area contributed by atoms with Gasteiger partial charge in [-0.1, -0.05) is 0 Å². The third kappa shape index (κ3) is 2.17. The number of hydrogen-bond acceptors (Lipinski definition) is 2. The molecule has 1 fully saturated rings. The topological polar surface area (TPSA) is 65.0 Å². The summed E-state index contributed by atoms with van der Waals surface area (Å²) in [5.41, 5.74) is 5.32. The third-order valence-electron chi connectivity index (χ3n) is 2.12. The molecule has 11 heavy (non-hydrogen) atoms. The van der Waals surface area contributed by atoms with Crippen molar-refractivity contribution in [3.8, 4) is 0 Å². The van der Waals surface area contributed by atoms with Crippen molar-refractivity contribution in [2.45, 2.75) is 18.9 Å². The molecule has 0 aromatic rings. The van der Waals surface area contributed by atoms with Gasteiger partial charge in [-0.3, -0.25) is 0 Å². The minimum atomic E-state index is 0.180. The van der Waals surface area contributed by atoms with E-state index in [-0.39, 0.29) is 5.96 Å². The van der Waals surface area contributed by atoms with Gasteiger partial charge in [-0.25, -0.2) is 5.41 Å². The van der Waals surface area contributed by atoms with Crippen LogP contribution in [0.25, 0.3) is 0 Å². The van der Waals surface area contributed by atoms with Crippen molar-refractivity contribution >= 4 is 5.96 Å². The fourth-order valence-electron chi connectivity index (χ4n) is 1.33. The van der Waals surface area contributed by atoms with Crippen molar-refractivity contribution in [3.05, 3.63) is 0 Å². The van der Waals surface area contributed by atoms with E-state index >= 15 is 0 Å². The van der Waals surface area contributed by atoms with Crippen LogP contribution in [0.5, 0.6) is 0 Å². The van der Waals surface area contributed by atoms with E-state index < -0.39 is 0 Å². The van der Waals surface area contributed by atoms with Gasteiger partial charge in [0.05, 0.1) is 6.10 Å². The first kappa shape index (κ1) is 8.49. The average molecular weight is 157 g/mol. The Labute approximate surface area is 66.8 Å². The Morgan fingerprint density at radius 2 is 2.09 bits per heavy atom. The first-order valence-electron chi connectivity index (χ1n) is 3.86. The van der Waals surface area contributed by atoms with Crippen LogP contribution in [0.3, 0.4) is 0 Å². The van der Waals surface area contributed by atoms with Crippen molar-refractivity contribution in [2.24, 2.45) is 5.73 Å². The van der Waals surface area contributed by atoms with E-state index in [1.165, 1.54) is 0 Å². The maximum Gasteiger partial charge on any atom is 0.341 e. The Bertz CT molecular complexity index is 141. The lowest BCUT2D eigenvalue weighted by atomic mass is 10.1. The molecule has 1 aliphatic heterocycles. The SMILES string of the molecule is COC1CC[N+](C(=N)N)CC1. The average Bonchev–Trinajstić information content (AvgIpc) is 2.05. The number of nitrogens with two attached hydrogens (primary N) is 1. The van der Waals surface area contributed by atoms with Gasteiger partial charge in [0.1, 0.15) is 13.1 Å². The Kier molecular flexibility index (Phi) is 2.84. The summed E-state index contributed by atoms with van der Waals surface area (Å²) in [5, 5.41) is 7.17. The molecule has 1 radical (unpaired) electrons. The van der Waals surface area contributed by atoms with E-state index in [0.29, 0.717) is 6.10 Å². The van der Waals surface area contributed by atoms with Gasteiger partial charge in [0.2, 0.25) is 0 Å². The lowest BCUT2D eigenvalue weighted by Crippen LogP contribution is -2.48. The maximum absolute atomic E-state index is 7.17. The van der Waals surface area contributed by atoms with Gasteiger partial charge in [0.15, 0.2) is 0 Å². The number of nitrogens with zero attached hydrogens (tertiary/aromatic N) is 1. The summed E-state index contributed by atoms with van der Waals surface area (Å²) in [6, 6.07) is 0. The van der Waals surface area contributed by atoms with E-state index in [2.05, 4.69) is 0 Å². The number of guanidine groups is 1. The number of likely N-dealkylation sites (tertiary alicyclic amines) is 1. The van der Waals surface area contributed by atoms with E-state index in [1.807, 2.05) is 4.90 Å². The number of ether oxygens (including phenoxy) is 1. The van der Waals surface area contributed by atoms with Crippen LogP contribution in [-0.4, -0.2) is 32.3 Å². The third-order valence-corrected chi connectivity index (χ3v) is 2.12. The summed E-state index contributed by atoms with van der Waals surface area (Å²) in [4.78, 5) is 1.87. The van der Waals surface area contributed by atoms with Crippen LogP contribution in [0.4, 0.5) is 0 Å². The second-order valence-corrected chi connectivity index (χ2v) is 2.81. The summed E-state index contributed by atoms with van der Waals surface area (Å²) < 4.78 is 5.18. The van der Waals surface area contributed by atoms with Gasteiger partial charge in [0, 0.05) is 20.0 Å². The van der Waals surface area contributed by atoms with E-state index in [1.54, 1.807) is 7.11 Å². The van der Waals surface area contributed by atoms with Crippen molar-refractivity contribution in [1.29, 1.82) is 5.41 Å². The molecule has 0 saturated carbocycles. The molecule has 0 aromatic carbocycles. The first-order chi connectivity index (χ1) is 5.24. The van der Waals surface area contributed by atoms with Crippen LogP contribution >= 0.6 is 0 Å². The van der Waals surface area contributed by atoms with Gasteiger partial charge in [0.25, 0.3) is 0 Å². The van der Waals surface area contributed by atoms with Gasteiger partial charge in [-0.2, -0.15) is 0 Å². The minimum Gasteiger partial charge on any atom is -0.381 e. The van der Waals surface area contributed by atoms with Crippen molar-refractivity contribution in [3.63, 3.8) is 0 Å². The lowest BCUT2D eigenvalue weighted by molar-refractivity contribution is 0.0698. The number of rotatable bonds is 1. The molecule has 4 heteroatoms. The fourth-order valence-corrected chi connectivity index (χ4v) is 1.33. The maximum atomic E-state index is 7.17. The summed E-state index contributed by atoms with van der Waals surface area (Å²) in [6.45, 7) is 1.71. The second kappa shape index (κ2) is 3.69. The lowest BCUT2D eigenvalue weighted by Gasteiger charge is -2.21. The van der Waals surface area contributed by atoms with Gasteiger partial charge in [-0.15, -0.1) is 4.90 Å². The highest BCUT2D eigenvalue weighted by Gasteiger charge is 2.28. The first-order valence-corrected chi connectivity index (χ1v) is 3.86. The van der Waals surface area contributed by atoms with Gasteiger partial charge >= 0.3 is 5.96 Å². The normalized spacial score (nSPS) is 21.9. The van der Waals surface area contributed by atoms with Crippen molar-refractivity contribution in [1.82, 2.24) is 4.90 Å². The van der Waals surface area contributed by atoms with Gasteiger partial charge in [-0.05, 0) is 0 Å². The summed E-state index contributed by atoms with van der Waals surface area (Å²) in [7, 11) is 1.73. The molecular formula is C7H15N3O+. The quantitative estimate of drug-likeness (QED) is 0.315. The zero-order chi connectivity index (χ0) is 8.27. The molecule has 1 aliphatic rings.